The van der Waals surface area contributed by atoms with E-state index < -0.39 is 5.82 Å². The van der Waals surface area contributed by atoms with Gasteiger partial charge in [-0.15, -0.1) is 11.3 Å². The Morgan fingerprint density at radius 2 is 1.84 bits per heavy atom. The van der Waals surface area contributed by atoms with Crippen LogP contribution < -0.4 is 4.74 Å². The summed E-state index contributed by atoms with van der Waals surface area (Å²) in [5, 5.41) is 0. The first-order chi connectivity index (χ1) is 18.5. The minimum atomic E-state index is -0.470. The Morgan fingerprint density at radius 1 is 1.05 bits per heavy atom. The lowest BCUT2D eigenvalue weighted by Gasteiger charge is -2.30. The lowest BCUT2D eigenvalue weighted by atomic mass is 10.0. The number of aromatic nitrogens is 2. The molecule has 6 rings (SSSR count). The predicted octanol–water partition coefficient (Wildman–Crippen LogP) is 5.82. The van der Waals surface area contributed by atoms with Gasteiger partial charge in [0.05, 0.1) is 20.8 Å². The van der Waals surface area contributed by atoms with Crippen molar-refractivity contribution in [3.8, 4) is 22.1 Å². The van der Waals surface area contributed by atoms with Gasteiger partial charge in [-0.2, -0.15) is 9.59 Å². The quantitative estimate of drug-likeness (QED) is 0.269. The van der Waals surface area contributed by atoms with Crippen LogP contribution in [0.25, 0.3) is 20.8 Å². The molecular formula is C29H26FN3O4S. The largest absolute Gasteiger partial charge is 0.453 e. The van der Waals surface area contributed by atoms with Crippen molar-refractivity contribution in [3.05, 3.63) is 71.8 Å². The molecule has 0 spiro atoms. The molecule has 4 heterocycles. The van der Waals surface area contributed by atoms with Crippen LogP contribution in [0.15, 0.2) is 54.9 Å². The summed E-state index contributed by atoms with van der Waals surface area (Å²) in [5.41, 5.74) is 3.57. The molecule has 7 nitrogen and oxygen atoms in total. The zero-order valence-corrected chi connectivity index (χ0v) is 21.5. The minimum Gasteiger partial charge on any atom is -0.453 e. The topological polar surface area (TPSA) is 89.5 Å². The van der Waals surface area contributed by atoms with Crippen LogP contribution in [-0.2, 0) is 27.3 Å². The Bertz CT molecular complexity index is 1470. The van der Waals surface area contributed by atoms with Gasteiger partial charge in [-0.1, -0.05) is 12.1 Å². The molecule has 0 atom stereocenters. The fraction of sp³-hybridized carbons (Fsp3) is 0.310. The number of thiophene rings is 1. The van der Waals surface area contributed by atoms with E-state index in [0.29, 0.717) is 23.7 Å². The molecule has 2 aliphatic rings. The maximum atomic E-state index is 14.8. The maximum Gasteiger partial charge on any atom is 0.373 e. The van der Waals surface area contributed by atoms with Crippen LogP contribution in [0.3, 0.4) is 0 Å². The highest BCUT2D eigenvalue weighted by molar-refractivity contribution is 7.22. The fourth-order valence-corrected chi connectivity index (χ4v) is 5.42. The van der Waals surface area contributed by atoms with Crippen LogP contribution in [0.2, 0.25) is 0 Å². The molecule has 0 amide bonds. The van der Waals surface area contributed by atoms with E-state index in [2.05, 4.69) is 20.9 Å². The first-order valence-corrected chi connectivity index (χ1v) is 13.4. The Kier molecular flexibility index (Phi) is 7.98. The molecule has 9 heteroatoms. The standard InChI is InChI=1S/C28H26FN3O2S.CO2/c29-22-14-19(13-21(33)12-18-2-3-18)5-7-25(22)34-26-8-9-30-24-15-27(35-28(24)26)23-6-4-20(16-31-23)17-32-10-1-11-32;2-1-3/h4-9,14-16,18H,1-3,10-13,17H2;. The van der Waals surface area contributed by atoms with E-state index >= 15 is 0 Å². The Balaban J connectivity index is 0.000000937. The van der Waals surface area contributed by atoms with Crippen molar-refractivity contribution >= 4 is 33.5 Å². The molecule has 1 aromatic carbocycles. The number of Topliss-reactive ketones (excluding diaryl/α,β-unsaturated/α-hetero) is 1. The number of nitrogens with zero attached hydrogens (tertiary/aromatic N) is 3. The number of ketones is 1. The van der Waals surface area contributed by atoms with E-state index in [4.69, 9.17) is 14.3 Å². The molecule has 0 N–H and O–H groups in total. The van der Waals surface area contributed by atoms with E-state index in [0.717, 1.165) is 53.3 Å². The van der Waals surface area contributed by atoms with Gasteiger partial charge in [-0.25, -0.2) is 4.39 Å². The molecule has 3 aromatic heterocycles. The number of likely N-dealkylation sites (tertiary alicyclic amines) is 1. The number of pyridine rings is 2. The average molecular weight is 532 g/mol. The highest BCUT2D eigenvalue weighted by Gasteiger charge is 2.24. The number of carbonyl (C=O) groups is 1. The van der Waals surface area contributed by atoms with Crippen molar-refractivity contribution in [1.29, 1.82) is 0 Å². The third-order valence-corrected chi connectivity index (χ3v) is 7.80. The zero-order valence-electron chi connectivity index (χ0n) is 20.7. The summed E-state index contributed by atoms with van der Waals surface area (Å²) in [6.07, 6.45) is 8.28. The van der Waals surface area contributed by atoms with E-state index in [-0.39, 0.29) is 24.1 Å². The Morgan fingerprint density at radius 3 is 2.50 bits per heavy atom. The van der Waals surface area contributed by atoms with Crippen molar-refractivity contribution in [2.75, 3.05) is 13.1 Å². The second-order valence-corrected chi connectivity index (χ2v) is 10.7. The zero-order chi connectivity index (χ0) is 26.5. The van der Waals surface area contributed by atoms with Gasteiger partial charge in [0, 0.05) is 37.8 Å². The van der Waals surface area contributed by atoms with Crippen LogP contribution in [-0.4, -0.2) is 39.9 Å². The summed E-state index contributed by atoms with van der Waals surface area (Å²) in [4.78, 5) is 40.9. The first-order valence-electron chi connectivity index (χ1n) is 12.6. The lowest BCUT2D eigenvalue weighted by molar-refractivity contribution is -0.191. The van der Waals surface area contributed by atoms with Gasteiger partial charge in [0.25, 0.3) is 0 Å². The molecule has 0 bridgehead atoms. The highest BCUT2D eigenvalue weighted by Crippen LogP contribution is 2.39. The monoisotopic (exact) mass is 531 g/mol. The van der Waals surface area contributed by atoms with Gasteiger partial charge in [0.2, 0.25) is 0 Å². The predicted molar refractivity (Wildman–Crippen MR) is 140 cm³/mol. The van der Waals surface area contributed by atoms with Crippen molar-refractivity contribution < 1.29 is 23.5 Å². The molecule has 2 fully saturated rings. The van der Waals surface area contributed by atoms with Gasteiger partial charge in [0.1, 0.15) is 11.5 Å². The summed E-state index contributed by atoms with van der Waals surface area (Å²) in [6.45, 7) is 3.26. The third kappa shape index (κ3) is 6.37. The van der Waals surface area contributed by atoms with Gasteiger partial charge < -0.3 is 4.74 Å². The van der Waals surface area contributed by atoms with Gasteiger partial charge in [0.15, 0.2) is 11.6 Å². The normalized spacial score (nSPS) is 14.8. The summed E-state index contributed by atoms with van der Waals surface area (Å²) < 4.78 is 21.6. The molecule has 194 valence electrons. The maximum absolute atomic E-state index is 14.8. The molecule has 0 radical (unpaired) electrons. The van der Waals surface area contributed by atoms with Gasteiger partial charge >= 0.3 is 6.15 Å². The van der Waals surface area contributed by atoms with Crippen molar-refractivity contribution in [2.24, 2.45) is 5.92 Å². The summed E-state index contributed by atoms with van der Waals surface area (Å²) >= 11 is 1.53. The van der Waals surface area contributed by atoms with E-state index in [1.165, 1.54) is 29.4 Å². The van der Waals surface area contributed by atoms with E-state index in [1.807, 2.05) is 18.3 Å². The number of hydrogen-bond donors (Lipinski definition) is 0. The average Bonchev–Trinajstić information content (AvgIpc) is 3.57. The number of halogens is 1. The van der Waals surface area contributed by atoms with Gasteiger partial charge in [-0.3, -0.25) is 19.7 Å². The van der Waals surface area contributed by atoms with Crippen molar-refractivity contribution in [2.45, 2.75) is 38.6 Å². The number of rotatable bonds is 9. The minimum absolute atomic E-state index is 0.138. The van der Waals surface area contributed by atoms with Crippen LogP contribution in [0.4, 0.5) is 4.39 Å². The number of benzene rings is 1. The number of carbonyl (C=O) groups excluding carboxylic acids is 3. The number of fused-ring (bicyclic) bond motifs is 1. The Hall–Kier alpha value is -3.78. The second-order valence-electron chi connectivity index (χ2n) is 9.63. The van der Waals surface area contributed by atoms with Crippen LogP contribution in [0, 0.1) is 11.7 Å². The summed E-state index contributed by atoms with van der Waals surface area (Å²) in [5.74, 6) is 0.933. The van der Waals surface area contributed by atoms with E-state index in [1.54, 1.807) is 24.4 Å². The smallest absolute Gasteiger partial charge is 0.373 e. The molecule has 1 saturated carbocycles. The lowest BCUT2D eigenvalue weighted by Crippen LogP contribution is -2.36. The molecule has 0 unspecified atom stereocenters. The molecule has 1 aliphatic heterocycles. The van der Waals surface area contributed by atoms with E-state index in [9.17, 15) is 9.18 Å². The number of hydrogen-bond acceptors (Lipinski definition) is 8. The first kappa shape index (κ1) is 25.9. The summed E-state index contributed by atoms with van der Waals surface area (Å²) in [6, 6.07) is 12.7. The third-order valence-electron chi connectivity index (χ3n) is 6.64. The van der Waals surface area contributed by atoms with Crippen molar-refractivity contribution in [3.63, 3.8) is 0 Å². The second kappa shape index (κ2) is 11.7. The summed E-state index contributed by atoms with van der Waals surface area (Å²) in [7, 11) is 0. The molecular weight excluding hydrogens is 505 g/mol. The highest BCUT2D eigenvalue weighted by atomic mass is 32.1. The molecule has 1 aliphatic carbocycles. The SMILES string of the molecule is O=C(Cc1ccc(Oc2ccnc3cc(-c4ccc(CN5CCC5)cn4)sc23)c(F)c1)CC1CC1.O=C=O. The van der Waals surface area contributed by atoms with Crippen LogP contribution >= 0.6 is 11.3 Å². The van der Waals surface area contributed by atoms with Gasteiger partial charge in [-0.05, 0) is 73.7 Å². The van der Waals surface area contributed by atoms with Crippen LogP contribution in [0.5, 0.6) is 11.5 Å². The molecule has 1 saturated heterocycles. The van der Waals surface area contributed by atoms with Crippen LogP contribution in [0.1, 0.15) is 36.8 Å². The molecule has 38 heavy (non-hydrogen) atoms. The van der Waals surface area contributed by atoms with Crippen molar-refractivity contribution in [1.82, 2.24) is 14.9 Å². The molecule has 4 aromatic rings. The Labute approximate surface area is 223 Å². The fourth-order valence-electron chi connectivity index (χ4n) is 4.38. The number of ether oxygens (including phenoxy) is 1.